The fourth-order valence-corrected chi connectivity index (χ4v) is 1.89. The first-order chi connectivity index (χ1) is 5.77. The number of hydrogen-bond acceptors (Lipinski definition) is 2. The SMILES string of the molecule is Fc1nc(Br)cn1-c1ccsc1. The Morgan fingerprint density at radius 3 is 2.92 bits per heavy atom. The predicted molar refractivity (Wildman–Crippen MR) is 49.1 cm³/mol. The van der Waals surface area contributed by atoms with Crippen LogP contribution in [0.3, 0.4) is 0 Å². The zero-order chi connectivity index (χ0) is 8.55. The summed E-state index contributed by atoms with van der Waals surface area (Å²) in [5.74, 6) is 0. The summed E-state index contributed by atoms with van der Waals surface area (Å²) >= 11 is 4.62. The summed E-state index contributed by atoms with van der Waals surface area (Å²) < 4.78 is 14.9. The van der Waals surface area contributed by atoms with Crippen LogP contribution in [0.25, 0.3) is 5.69 Å². The molecule has 0 saturated carbocycles. The summed E-state index contributed by atoms with van der Waals surface area (Å²) in [6, 6.07) is 1.84. The molecule has 2 aromatic heterocycles. The zero-order valence-corrected chi connectivity index (χ0v) is 8.27. The summed E-state index contributed by atoms with van der Waals surface area (Å²) in [6.07, 6.45) is 1.09. The average molecular weight is 247 g/mol. The molecule has 0 radical (unpaired) electrons. The van der Waals surface area contributed by atoms with Crippen LogP contribution in [0.1, 0.15) is 0 Å². The highest BCUT2D eigenvalue weighted by atomic mass is 79.9. The van der Waals surface area contributed by atoms with E-state index in [0.717, 1.165) is 5.69 Å². The summed E-state index contributed by atoms with van der Waals surface area (Å²) in [4.78, 5) is 3.58. The second kappa shape index (κ2) is 2.99. The maximum Gasteiger partial charge on any atom is 0.294 e. The molecule has 0 unspecified atom stereocenters. The minimum atomic E-state index is -0.500. The second-order valence-corrected chi connectivity index (χ2v) is 3.78. The Morgan fingerprint density at radius 1 is 1.58 bits per heavy atom. The lowest BCUT2D eigenvalue weighted by Crippen LogP contribution is -1.93. The minimum absolute atomic E-state index is 0.500. The van der Waals surface area contributed by atoms with Crippen molar-refractivity contribution in [3.63, 3.8) is 0 Å². The molecule has 0 saturated heterocycles. The van der Waals surface area contributed by atoms with Crippen molar-refractivity contribution in [2.75, 3.05) is 0 Å². The number of nitrogens with zero attached hydrogens (tertiary/aromatic N) is 2. The van der Waals surface area contributed by atoms with Crippen LogP contribution in [0.2, 0.25) is 0 Å². The molecule has 0 aliphatic heterocycles. The Hall–Kier alpha value is -0.680. The van der Waals surface area contributed by atoms with Crippen molar-refractivity contribution in [2.45, 2.75) is 0 Å². The molecule has 62 valence electrons. The van der Waals surface area contributed by atoms with Crippen LogP contribution in [0.4, 0.5) is 4.39 Å². The fraction of sp³-hybridized carbons (Fsp3) is 0. The molecule has 0 aliphatic rings. The Balaban J connectivity index is 2.54. The third-order valence-electron chi connectivity index (χ3n) is 1.42. The summed E-state index contributed by atoms with van der Waals surface area (Å²) in [6.45, 7) is 0. The monoisotopic (exact) mass is 246 g/mol. The van der Waals surface area contributed by atoms with Crippen LogP contribution >= 0.6 is 27.3 Å². The van der Waals surface area contributed by atoms with Gasteiger partial charge in [0.05, 0.1) is 5.69 Å². The Kier molecular flexibility index (Phi) is 1.98. The molecule has 2 nitrogen and oxygen atoms in total. The maximum atomic E-state index is 13.0. The third kappa shape index (κ3) is 1.30. The Morgan fingerprint density at radius 2 is 2.42 bits per heavy atom. The van der Waals surface area contributed by atoms with Gasteiger partial charge in [-0.05, 0) is 27.4 Å². The summed E-state index contributed by atoms with van der Waals surface area (Å²) in [5.41, 5.74) is 0.802. The van der Waals surface area contributed by atoms with Crippen LogP contribution in [0.5, 0.6) is 0 Å². The molecule has 0 aliphatic carbocycles. The van der Waals surface area contributed by atoms with Gasteiger partial charge in [-0.15, -0.1) is 0 Å². The van der Waals surface area contributed by atoms with Gasteiger partial charge in [0.1, 0.15) is 4.60 Å². The molecule has 0 aromatic carbocycles. The first-order valence-electron chi connectivity index (χ1n) is 3.20. The largest absolute Gasteiger partial charge is 0.294 e. The normalized spacial score (nSPS) is 10.5. The topological polar surface area (TPSA) is 17.8 Å². The first-order valence-corrected chi connectivity index (χ1v) is 4.94. The van der Waals surface area contributed by atoms with E-state index in [0.29, 0.717) is 4.60 Å². The van der Waals surface area contributed by atoms with E-state index in [-0.39, 0.29) is 0 Å². The number of hydrogen-bond donors (Lipinski definition) is 0. The fourth-order valence-electron chi connectivity index (χ4n) is 0.906. The van der Waals surface area contributed by atoms with Gasteiger partial charge in [0.15, 0.2) is 0 Å². The van der Waals surface area contributed by atoms with Crippen molar-refractivity contribution in [3.05, 3.63) is 33.7 Å². The number of aromatic nitrogens is 2. The number of thiophene rings is 1. The van der Waals surface area contributed by atoms with E-state index in [1.165, 1.54) is 15.9 Å². The van der Waals surface area contributed by atoms with Crippen LogP contribution in [-0.2, 0) is 0 Å². The highest BCUT2D eigenvalue weighted by Gasteiger charge is 2.06. The van der Waals surface area contributed by atoms with Crippen molar-refractivity contribution in [3.8, 4) is 5.69 Å². The van der Waals surface area contributed by atoms with Gasteiger partial charge in [0.2, 0.25) is 0 Å². The molecule has 0 bridgehead atoms. The first kappa shape index (κ1) is 7.94. The van der Waals surface area contributed by atoms with Gasteiger partial charge in [0, 0.05) is 11.6 Å². The molecule has 2 rings (SSSR count). The molecule has 2 heterocycles. The molecule has 0 spiro atoms. The maximum absolute atomic E-state index is 13.0. The van der Waals surface area contributed by atoms with Crippen LogP contribution < -0.4 is 0 Å². The summed E-state index contributed by atoms with van der Waals surface area (Å²) in [7, 11) is 0. The number of rotatable bonds is 1. The van der Waals surface area contributed by atoms with E-state index in [2.05, 4.69) is 20.9 Å². The number of halogens is 2. The minimum Gasteiger partial charge on any atom is -0.274 e. The highest BCUT2D eigenvalue weighted by molar-refractivity contribution is 9.10. The van der Waals surface area contributed by atoms with Crippen molar-refractivity contribution in [1.82, 2.24) is 9.55 Å². The van der Waals surface area contributed by atoms with E-state index < -0.39 is 6.08 Å². The Bertz CT molecular complexity index is 382. The van der Waals surface area contributed by atoms with E-state index in [1.54, 1.807) is 6.20 Å². The van der Waals surface area contributed by atoms with E-state index >= 15 is 0 Å². The van der Waals surface area contributed by atoms with Gasteiger partial charge < -0.3 is 0 Å². The highest BCUT2D eigenvalue weighted by Crippen LogP contribution is 2.17. The molecular formula is C7H4BrFN2S. The van der Waals surface area contributed by atoms with Crippen molar-refractivity contribution >= 4 is 27.3 Å². The van der Waals surface area contributed by atoms with Gasteiger partial charge in [-0.25, -0.2) is 0 Å². The molecule has 5 heteroatoms. The van der Waals surface area contributed by atoms with Crippen LogP contribution in [0.15, 0.2) is 27.6 Å². The summed E-state index contributed by atoms with van der Waals surface area (Å²) in [5, 5.41) is 3.75. The molecule has 0 N–H and O–H groups in total. The van der Waals surface area contributed by atoms with E-state index in [9.17, 15) is 4.39 Å². The Labute approximate surface area is 80.8 Å². The van der Waals surface area contributed by atoms with Crippen molar-refractivity contribution < 1.29 is 4.39 Å². The van der Waals surface area contributed by atoms with E-state index in [4.69, 9.17) is 0 Å². The van der Waals surface area contributed by atoms with Crippen molar-refractivity contribution in [2.24, 2.45) is 0 Å². The van der Waals surface area contributed by atoms with Crippen molar-refractivity contribution in [1.29, 1.82) is 0 Å². The van der Waals surface area contributed by atoms with Gasteiger partial charge in [-0.2, -0.15) is 20.7 Å². The predicted octanol–water partition coefficient (Wildman–Crippen LogP) is 2.84. The molecular weight excluding hydrogens is 243 g/mol. The zero-order valence-electron chi connectivity index (χ0n) is 5.87. The molecule has 12 heavy (non-hydrogen) atoms. The average Bonchev–Trinajstić information content (AvgIpc) is 2.58. The van der Waals surface area contributed by atoms with Gasteiger partial charge in [-0.3, -0.25) is 4.57 Å². The molecule has 0 atom stereocenters. The van der Waals surface area contributed by atoms with E-state index in [1.807, 2.05) is 16.8 Å². The third-order valence-corrected chi connectivity index (χ3v) is 2.47. The van der Waals surface area contributed by atoms with Crippen LogP contribution in [0, 0.1) is 6.08 Å². The molecule has 2 aromatic rings. The van der Waals surface area contributed by atoms with Gasteiger partial charge >= 0.3 is 0 Å². The van der Waals surface area contributed by atoms with Gasteiger partial charge in [0.25, 0.3) is 6.08 Å². The lowest BCUT2D eigenvalue weighted by atomic mass is 10.5. The quantitative estimate of drug-likeness (QED) is 0.757. The smallest absolute Gasteiger partial charge is 0.274 e. The second-order valence-electron chi connectivity index (χ2n) is 2.18. The molecule has 0 fully saturated rings. The number of imidazole rings is 1. The van der Waals surface area contributed by atoms with Gasteiger partial charge in [-0.1, -0.05) is 0 Å². The lowest BCUT2D eigenvalue weighted by Gasteiger charge is -1.95. The lowest BCUT2D eigenvalue weighted by molar-refractivity contribution is 0.522. The molecule has 0 amide bonds. The standard InChI is InChI=1S/C7H4BrFN2S/c8-6-3-11(7(9)10-6)5-1-2-12-4-5/h1-4H. The van der Waals surface area contributed by atoms with Crippen LogP contribution in [-0.4, -0.2) is 9.55 Å².